The number of aliphatic imine (C=N–C) groups is 1. The van der Waals surface area contributed by atoms with Gasteiger partial charge in [-0.1, -0.05) is 0 Å². The molecule has 200 valence electrons. The second kappa shape index (κ2) is 9.46. The highest BCUT2D eigenvalue weighted by Gasteiger charge is 2.44. The third kappa shape index (κ3) is 4.33. The molecule has 0 aliphatic carbocycles. The minimum absolute atomic E-state index is 0.0898. The van der Waals surface area contributed by atoms with Gasteiger partial charge in [0.15, 0.2) is 5.65 Å². The van der Waals surface area contributed by atoms with Crippen LogP contribution in [-0.4, -0.2) is 67.0 Å². The van der Waals surface area contributed by atoms with E-state index in [1.165, 1.54) is 22.8 Å². The second-order valence-corrected chi connectivity index (χ2v) is 9.89. The van der Waals surface area contributed by atoms with Gasteiger partial charge in [-0.05, 0) is 44.2 Å². The Morgan fingerprint density at radius 2 is 1.97 bits per heavy atom. The Morgan fingerprint density at radius 1 is 1.21 bits per heavy atom. The number of rotatable bonds is 5. The van der Waals surface area contributed by atoms with E-state index in [0.717, 1.165) is 17.5 Å². The number of nitrogens with two attached hydrogens (primary N) is 1. The van der Waals surface area contributed by atoms with E-state index < -0.39 is 11.4 Å². The van der Waals surface area contributed by atoms with E-state index >= 15 is 4.39 Å². The van der Waals surface area contributed by atoms with Gasteiger partial charge in [-0.25, -0.2) is 19.4 Å². The number of hydrogen-bond acceptors (Lipinski definition) is 5. The van der Waals surface area contributed by atoms with Gasteiger partial charge in [0.1, 0.15) is 29.0 Å². The van der Waals surface area contributed by atoms with Crippen LogP contribution in [0.2, 0.25) is 0 Å². The van der Waals surface area contributed by atoms with Gasteiger partial charge in [0.25, 0.3) is 5.91 Å². The number of piperazine rings is 1. The molecule has 0 atom stereocenters. The van der Waals surface area contributed by atoms with Crippen LogP contribution in [0.5, 0.6) is 0 Å². The molecule has 1 fully saturated rings. The van der Waals surface area contributed by atoms with Crippen molar-refractivity contribution in [3.63, 3.8) is 0 Å². The Balaban J connectivity index is 1.59. The molecule has 0 unspecified atom stereocenters. The number of aromatic amines is 1. The van der Waals surface area contributed by atoms with Crippen LogP contribution < -0.4 is 10.6 Å². The molecule has 5 rings (SSSR count). The van der Waals surface area contributed by atoms with Crippen molar-refractivity contribution < 1.29 is 14.0 Å². The lowest BCUT2D eigenvalue weighted by atomic mass is 9.96. The molecule has 11 nitrogen and oxygen atoms in total. The molecule has 1 saturated heterocycles. The smallest absolute Gasteiger partial charge is 0.252 e. The minimum atomic E-state index is -1.12. The number of nitrogens with zero attached hydrogens (tertiary/aromatic N) is 6. The summed E-state index contributed by atoms with van der Waals surface area (Å²) in [5, 5.41) is 7.36. The fourth-order valence-corrected chi connectivity index (χ4v) is 5.03. The molecule has 0 spiro atoms. The molecule has 0 saturated carbocycles. The topological polar surface area (TPSA) is 149 Å². The number of carbonyl (C=O) groups is 2. The molecule has 1 aromatic carbocycles. The second-order valence-electron chi connectivity index (χ2n) is 9.89. The van der Waals surface area contributed by atoms with Crippen LogP contribution >= 0.6 is 0 Å². The fourth-order valence-electron chi connectivity index (χ4n) is 5.03. The van der Waals surface area contributed by atoms with Gasteiger partial charge in [0.05, 0.1) is 17.7 Å². The third-order valence-electron chi connectivity index (χ3n) is 7.06. The molecule has 12 heteroatoms. The Bertz CT molecular complexity index is 1670. The summed E-state index contributed by atoms with van der Waals surface area (Å²) in [6.45, 7) is 5.19. The fraction of sp³-hybridized carbons (Fsp3) is 0.259. The first kappa shape index (κ1) is 25.8. The predicted octanol–water partition coefficient (Wildman–Crippen LogP) is 3.06. The predicted molar refractivity (Wildman–Crippen MR) is 147 cm³/mol. The number of carbonyl (C=O) groups excluding carboxylic acids is 2. The highest BCUT2D eigenvalue weighted by atomic mass is 19.1. The lowest BCUT2D eigenvalue weighted by molar-refractivity contribution is -0.145. The normalized spacial score (nSPS) is 15.7. The summed E-state index contributed by atoms with van der Waals surface area (Å²) < 4.78 is 16.9. The summed E-state index contributed by atoms with van der Waals surface area (Å²) in [4.78, 5) is 44.4. The molecule has 3 aromatic heterocycles. The average Bonchev–Trinajstić information content (AvgIpc) is 3.50. The minimum Gasteiger partial charge on any atom is -0.382 e. The van der Waals surface area contributed by atoms with E-state index in [2.05, 4.69) is 19.9 Å². The number of aromatic nitrogens is 4. The molecule has 1 aliphatic rings. The number of benzene rings is 1. The first-order valence-corrected chi connectivity index (χ1v) is 12.3. The number of H-pyrrole nitrogens is 1. The molecule has 39 heavy (non-hydrogen) atoms. The Morgan fingerprint density at radius 3 is 2.69 bits per heavy atom. The highest BCUT2D eigenvalue weighted by molar-refractivity contribution is 6.06. The zero-order valence-corrected chi connectivity index (χ0v) is 22.0. The van der Waals surface area contributed by atoms with E-state index in [1.807, 2.05) is 23.7 Å². The number of nitrogens with one attached hydrogen (secondary N) is 2. The number of anilines is 1. The largest absolute Gasteiger partial charge is 0.382 e. The first-order chi connectivity index (χ1) is 18.5. The number of pyridine rings is 1. The van der Waals surface area contributed by atoms with Gasteiger partial charge >= 0.3 is 0 Å². The van der Waals surface area contributed by atoms with Crippen molar-refractivity contribution in [2.45, 2.75) is 26.3 Å². The standard InChI is InChI=1S/C27H28FN9O2/c1-15(38)37-8-7-36(26(39)27(37,2)3)22-10-16(5-6-19(22)28)20-11-18(23(34-20)24(30)32-13-29)17-9-21-25(31-12-17)35(4)14-33-21/h5-6,9-14,34H,7-8H2,1-4H3,(H3,29,30,32). The number of aryl methyl sites for hydroxylation is 1. The SMILES string of the molecule is CC(=O)N1CCN(c2cc(-c3cc(-c4cnc5c(c4)ncn5C)c(/C(N)=N\C=N)[nH]3)ccc2F)C(=O)C1(C)C. The van der Waals surface area contributed by atoms with Gasteiger partial charge in [0.2, 0.25) is 5.91 Å². The Kier molecular flexibility index (Phi) is 6.25. The van der Waals surface area contributed by atoms with Crippen LogP contribution in [0.1, 0.15) is 26.5 Å². The van der Waals surface area contributed by atoms with Gasteiger partial charge in [-0.2, -0.15) is 0 Å². The molecule has 0 bridgehead atoms. The number of amides is 2. The Labute approximate surface area is 223 Å². The van der Waals surface area contributed by atoms with Crippen molar-refractivity contribution in [2.75, 3.05) is 18.0 Å². The monoisotopic (exact) mass is 529 g/mol. The van der Waals surface area contributed by atoms with Gasteiger partial charge in [0, 0.05) is 55.6 Å². The van der Waals surface area contributed by atoms with Crippen LogP contribution in [0.25, 0.3) is 33.5 Å². The summed E-state index contributed by atoms with van der Waals surface area (Å²) in [6, 6.07) is 8.21. The quantitative estimate of drug-likeness (QED) is 0.268. The van der Waals surface area contributed by atoms with E-state index in [4.69, 9.17) is 11.1 Å². The average molecular weight is 530 g/mol. The zero-order valence-electron chi connectivity index (χ0n) is 22.0. The van der Waals surface area contributed by atoms with Crippen molar-refractivity contribution in [1.82, 2.24) is 24.4 Å². The lowest BCUT2D eigenvalue weighted by Gasteiger charge is -2.45. The number of amidine groups is 1. The molecule has 4 heterocycles. The highest BCUT2D eigenvalue weighted by Crippen LogP contribution is 2.35. The van der Waals surface area contributed by atoms with Crippen molar-refractivity contribution in [2.24, 2.45) is 17.8 Å². The summed E-state index contributed by atoms with van der Waals surface area (Å²) in [6.07, 6.45) is 4.22. The number of halogens is 1. The van der Waals surface area contributed by atoms with Crippen molar-refractivity contribution in [3.8, 4) is 22.4 Å². The third-order valence-corrected chi connectivity index (χ3v) is 7.06. The summed E-state index contributed by atoms with van der Waals surface area (Å²) in [5.41, 5.74) is 9.66. The van der Waals surface area contributed by atoms with Gasteiger partial charge < -0.3 is 25.1 Å². The van der Waals surface area contributed by atoms with E-state index in [-0.39, 0.29) is 36.4 Å². The van der Waals surface area contributed by atoms with Gasteiger partial charge in [-0.15, -0.1) is 0 Å². The number of imidazole rings is 1. The van der Waals surface area contributed by atoms with Crippen molar-refractivity contribution in [3.05, 3.63) is 54.4 Å². The molecular weight excluding hydrogens is 501 g/mol. The van der Waals surface area contributed by atoms with E-state index in [9.17, 15) is 9.59 Å². The lowest BCUT2D eigenvalue weighted by Crippen LogP contribution is -2.64. The van der Waals surface area contributed by atoms with Gasteiger partial charge in [-0.3, -0.25) is 15.0 Å². The molecule has 2 amide bonds. The van der Waals surface area contributed by atoms with Crippen LogP contribution in [0, 0.1) is 11.2 Å². The first-order valence-electron chi connectivity index (χ1n) is 12.3. The van der Waals surface area contributed by atoms with Crippen molar-refractivity contribution in [1.29, 1.82) is 5.41 Å². The Hall–Kier alpha value is -4.87. The van der Waals surface area contributed by atoms with Crippen LogP contribution in [0.4, 0.5) is 10.1 Å². The van der Waals surface area contributed by atoms with Crippen LogP contribution in [0.15, 0.2) is 47.8 Å². The molecule has 4 aromatic rings. The maximum absolute atomic E-state index is 15.1. The number of hydrogen-bond donors (Lipinski definition) is 3. The summed E-state index contributed by atoms with van der Waals surface area (Å²) in [5.74, 6) is -1.05. The summed E-state index contributed by atoms with van der Waals surface area (Å²) >= 11 is 0. The van der Waals surface area contributed by atoms with Crippen molar-refractivity contribution >= 4 is 40.8 Å². The zero-order chi connectivity index (χ0) is 28.1. The maximum Gasteiger partial charge on any atom is 0.252 e. The maximum atomic E-state index is 15.1. The molecule has 1 aliphatic heterocycles. The van der Waals surface area contributed by atoms with Crippen LogP contribution in [0.3, 0.4) is 0 Å². The van der Waals surface area contributed by atoms with E-state index in [1.54, 1.807) is 38.5 Å². The van der Waals surface area contributed by atoms with E-state index in [0.29, 0.717) is 28.0 Å². The molecule has 4 N–H and O–H groups in total. The van der Waals surface area contributed by atoms with Crippen LogP contribution in [-0.2, 0) is 16.6 Å². The molecular formula is C27H28FN9O2. The molecule has 0 radical (unpaired) electrons. The number of fused-ring (bicyclic) bond motifs is 1. The summed E-state index contributed by atoms with van der Waals surface area (Å²) in [7, 11) is 1.86.